The molecular formula is C20H27N5O5S. The van der Waals surface area contributed by atoms with Crippen molar-refractivity contribution in [3.63, 3.8) is 0 Å². The van der Waals surface area contributed by atoms with E-state index in [0.29, 0.717) is 30.3 Å². The first-order valence-corrected chi connectivity index (χ1v) is 11.5. The number of nitrogens with zero attached hydrogens (tertiary/aromatic N) is 2. The molecule has 1 aliphatic rings. The van der Waals surface area contributed by atoms with Gasteiger partial charge in [0.15, 0.2) is 0 Å². The average molecular weight is 450 g/mol. The highest BCUT2D eigenvalue weighted by molar-refractivity contribution is 7.89. The Labute approximate surface area is 181 Å². The number of pyridine rings is 1. The molecule has 11 heteroatoms. The zero-order valence-corrected chi connectivity index (χ0v) is 18.3. The summed E-state index contributed by atoms with van der Waals surface area (Å²) in [5.41, 5.74) is 3.14. The smallest absolute Gasteiger partial charge is 0.221 e. The van der Waals surface area contributed by atoms with Crippen molar-refractivity contribution >= 4 is 38.7 Å². The molecule has 2 heterocycles. The summed E-state index contributed by atoms with van der Waals surface area (Å²) in [5.74, 6) is 0.179. The number of nitrogens with two attached hydrogens (primary N) is 1. The molecule has 4 N–H and O–H groups in total. The normalized spacial score (nSPS) is 14.1. The first-order valence-electron chi connectivity index (χ1n) is 9.79. The Morgan fingerprint density at radius 1 is 1.26 bits per heavy atom. The summed E-state index contributed by atoms with van der Waals surface area (Å²) in [4.78, 5) is 17.7. The van der Waals surface area contributed by atoms with Crippen LogP contribution in [0.15, 0.2) is 36.5 Å². The van der Waals surface area contributed by atoms with Gasteiger partial charge >= 0.3 is 0 Å². The Bertz CT molecular complexity index is 1010. The van der Waals surface area contributed by atoms with Gasteiger partial charge in [0.1, 0.15) is 0 Å². The number of ether oxygens (including phenoxy) is 2. The fraction of sp³-hybridized carbons (Fsp3) is 0.400. The first-order chi connectivity index (χ1) is 14.7. The molecule has 0 saturated carbocycles. The molecule has 2 aromatic rings. The van der Waals surface area contributed by atoms with Gasteiger partial charge in [0, 0.05) is 44.1 Å². The quantitative estimate of drug-likeness (QED) is 0.466. The third kappa shape index (κ3) is 6.81. The molecule has 10 nitrogen and oxygen atoms in total. The highest BCUT2D eigenvalue weighted by atomic mass is 32.2. The van der Waals surface area contributed by atoms with Crippen LogP contribution in [0.3, 0.4) is 0 Å². The maximum absolute atomic E-state index is 11.4. The zero-order chi connectivity index (χ0) is 22.4. The van der Waals surface area contributed by atoms with Gasteiger partial charge in [-0.1, -0.05) is 0 Å². The van der Waals surface area contributed by atoms with Gasteiger partial charge in [-0.25, -0.2) is 18.5 Å². The summed E-state index contributed by atoms with van der Waals surface area (Å²) >= 11 is 0. The van der Waals surface area contributed by atoms with E-state index in [4.69, 9.17) is 14.6 Å². The van der Waals surface area contributed by atoms with Gasteiger partial charge < -0.3 is 25.0 Å². The summed E-state index contributed by atoms with van der Waals surface area (Å²) in [5, 5.41) is 11.0. The molecule has 1 amide bonds. The molecule has 1 aliphatic heterocycles. The minimum Gasteiger partial charge on any atom is -0.481 e. The number of carbonyl (C=O) groups is 1. The highest BCUT2D eigenvalue weighted by Gasteiger charge is 2.27. The second-order valence-electron chi connectivity index (χ2n) is 7.24. The lowest BCUT2D eigenvalue weighted by Crippen LogP contribution is -2.52. The van der Waals surface area contributed by atoms with Crippen molar-refractivity contribution in [3.8, 4) is 5.88 Å². The van der Waals surface area contributed by atoms with Gasteiger partial charge in [-0.2, -0.15) is 0 Å². The van der Waals surface area contributed by atoms with E-state index in [2.05, 4.69) is 20.5 Å². The minimum absolute atomic E-state index is 0.0646. The lowest BCUT2D eigenvalue weighted by Gasteiger charge is -2.40. The van der Waals surface area contributed by atoms with Crippen LogP contribution < -0.4 is 25.4 Å². The van der Waals surface area contributed by atoms with Crippen molar-refractivity contribution in [1.82, 2.24) is 4.98 Å². The fourth-order valence-corrected chi connectivity index (χ4v) is 3.64. The molecule has 0 radical (unpaired) electrons. The van der Waals surface area contributed by atoms with Gasteiger partial charge in [-0.3, -0.25) is 4.79 Å². The predicted octanol–water partition coefficient (Wildman–Crippen LogP) is 1.68. The number of primary sulfonamides is 1. The maximum Gasteiger partial charge on any atom is 0.221 e. The molecule has 1 aromatic carbocycles. The van der Waals surface area contributed by atoms with Crippen molar-refractivity contribution in [1.29, 1.82) is 0 Å². The summed E-state index contributed by atoms with van der Waals surface area (Å²) in [6.45, 7) is 3.31. The van der Waals surface area contributed by atoms with Gasteiger partial charge in [-0.05, 0) is 30.7 Å². The van der Waals surface area contributed by atoms with Gasteiger partial charge in [0.2, 0.25) is 21.8 Å². The third-order valence-corrected chi connectivity index (χ3v) is 5.54. The summed E-state index contributed by atoms with van der Waals surface area (Å²) in [6.07, 6.45) is 2.03. The number of aromatic nitrogens is 1. The van der Waals surface area contributed by atoms with E-state index in [0.717, 1.165) is 24.5 Å². The first kappa shape index (κ1) is 22.8. The van der Waals surface area contributed by atoms with Gasteiger partial charge in [0.05, 0.1) is 36.5 Å². The minimum atomic E-state index is -3.43. The SMILES string of the molecule is COc1cc(Nc2ccc(N3CC(OCCCS(N)(=O)=O)C3)cc2)c(NC(C)=O)cn1. The van der Waals surface area contributed by atoms with E-state index < -0.39 is 10.0 Å². The molecule has 1 aromatic heterocycles. The van der Waals surface area contributed by atoms with E-state index in [9.17, 15) is 13.2 Å². The molecule has 31 heavy (non-hydrogen) atoms. The Morgan fingerprint density at radius 3 is 2.58 bits per heavy atom. The van der Waals surface area contributed by atoms with Crippen LogP contribution in [0.5, 0.6) is 5.88 Å². The van der Waals surface area contributed by atoms with Crippen LogP contribution in [0.2, 0.25) is 0 Å². The number of benzene rings is 1. The number of amides is 1. The molecule has 0 spiro atoms. The van der Waals surface area contributed by atoms with Crippen molar-refractivity contribution in [2.45, 2.75) is 19.4 Å². The molecule has 0 bridgehead atoms. The molecule has 1 saturated heterocycles. The van der Waals surface area contributed by atoms with Gasteiger partial charge in [0.25, 0.3) is 0 Å². The van der Waals surface area contributed by atoms with Crippen LogP contribution in [0.1, 0.15) is 13.3 Å². The van der Waals surface area contributed by atoms with Crippen LogP contribution in [-0.4, -0.2) is 58.0 Å². The van der Waals surface area contributed by atoms with Gasteiger partial charge in [-0.15, -0.1) is 0 Å². The van der Waals surface area contributed by atoms with E-state index in [1.807, 2.05) is 24.3 Å². The second kappa shape index (κ2) is 9.94. The molecule has 1 fully saturated rings. The number of sulfonamides is 1. The monoisotopic (exact) mass is 449 g/mol. The van der Waals surface area contributed by atoms with Crippen LogP contribution in [-0.2, 0) is 19.6 Å². The lowest BCUT2D eigenvalue weighted by molar-refractivity contribution is -0.114. The van der Waals surface area contributed by atoms with Crippen LogP contribution in [0.4, 0.5) is 22.7 Å². The van der Waals surface area contributed by atoms with Crippen LogP contribution in [0.25, 0.3) is 0 Å². The van der Waals surface area contributed by atoms with E-state index in [1.165, 1.54) is 14.0 Å². The van der Waals surface area contributed by atoms with E-state index in [-0.39, 0.29) is 17.8 Å². The van der Waals surface area contributed by atoms with Crippen molar-refractivity contribution in [3.05, 3.63) is 36.5 Å². The highest BCUT2D eigenvalue weighted by Crippen LogP contribution is 2.30. The van der Waals surface area contributed by atoms with Crippen molar-refractivity contribution < 1.29 is 22.7 Å². The summed E-state index contributed by atoms with van der Waals surface area (Å²) in [7, 11) is -1.90. The number of rotatable bonds is 10. The Balaban J connectivity index is 1.53. The average Bonchev–Trinajstić information content (AvgIpc) is 2.67. The molecule has 0 unspecified atom stereocenters. The van der Waals surface area contributed by atoms with E-state index >= 15 is 0 Å². The predicted molar refractivity (Wildman–Crippen MR) is 119 cm³/mol. The largest absolute Gasteiger partial charge is 0.481 e. The van der Waals surface area contributed by atoms with Crippen molar-refractivity contribution in [2.75, 3.05) is 48.1 Å². The van der Waals surface area contributed by atoms with Crippen LogP contribution in [0, 0.1) is 0 Å². The standard InChI is InChI=1S/C20H27N5O5S/c1-14(26)23-19-11-22-20(29-2)10-18(19)24-15-4-6-16(7-5-15)25-12-17(13-25)30-8-3-9-31(21,27)28/h4-7,10-11,17H,3,8-9,12-13H2,1-2H3,(H,22,24)(H,23,26)(H2,21,27,28). The number of nitrogens with one attached hydrogen (secondary N) is 2. The molecule has 0 aliphatic carbocycles. The lowest BCUT2D eigenvalue weighted by atomic mass is 10.1. The zero-order valence-electron chi connectivity index (χ0n) is 17.5. The topological polar surface area (TPSA) is 136 Å². The molecule has 168 valence electrons. The van der Waals surface area contributed by atoms with Crippen LogP contribution >= 0.6 is 0 Å². The summed E-state index contributed by atoms with van der Waals surface area (Å²) < 4.78 is 32.7. The Kier molecular flexibility index (Phi) is 7.31. The Hall–Kier alpha value is -2.89. The molecular weight excluding hydrogens is 422 g/mol. The number of anilines is 4. The number of hydrogen-bond donors (Lipinski definition) is 3. The number of methoxy groups -OCH3 is 1. The molecule has 3 rings (SSSR count). The fourth-order valence-electron chi connectivity index (χ4n) is 3.12. The second-order valence-corrected chi connectivity index (χ2v) is 8.98. The Morgan fingerprint density at radius 2 is 1.97 bits per heavy atom. The molecule has 0 atom stereocenters. The van der Waals surface area contributed by atoms with E-state index in [1.54, 1.807) is 12.3 Å². The summed E-state index contributed by atoms with van der Waals surface area (Å²) in [6, 6.07) is 9.60. The number of carbonyl (C=O) groups excluding carboxylic acids is 1. The maximum atomic E-state index is 11.4. The third-order valence-electron chi connectivity index (χ3n) is 4.68. The number of hydrogen-bond acceptors (Lipinski definition) is 8. The van der Waals surface area contributed by atoms with Crippen molar-refractivity contribution in [2.24, 2.45) is 5.14 Å².